The zero-order valence-electron chi connectivity index (χ0n) is 14.5. The summed E-state index contributed by atoms with van der Waals surface area (Å²) in [5, 5.41) is 2.89. The van der Waals surface area contributed by atoms with Crippen LogP contribution in [-0.4, -0.2) is 18.1 Å². The maximum Gasteiger partial charge on any atom is 0.241 e. The summed E-state index contributed by atoms with van der Waals surface area (Å²) in [6.07, 6.45) is 5.25. The van der Waals surface area contributed by atoms with Gasteiger partial charge in [0, 0.05) is 5.69 Å². The van der Waals surface area contributed by atoms with Crippen LogP contribution in [0.2, 0.25) is 0 Å². The van der Waals surface area contributed by atoms with E-state index in [0.717, 1.165) is 30.0 Å². The predicted molar refractivity (Wildman–Crippen MR) is 94.1 cm³/mol. The van der Waals surface area contributed by atoms with E-state index in [1.54, 1.807) is 0 Å². The number of benzene rings is 1. The lowest BCUT2D eigenvalue weighted by Gasteiger charge is -2.26. The van der Waals surface area contributed by atoms with Gasteiger partial charge >= 0.3 is 0 Å². The summed E-state index contributed by atoms with van der Waals surface area (Å²) in [7, 11) is 0. The molecule has 1 aliphatic carbocycles. The highest BCUT2D eigenvalue weighted by Gasteiger charge is 2.19. The molecule has 0 heterocycles. The minimum Gasteiger partial charge on any atom is -0.374 e. The molecule has 1 aromatic carbocycles. The van der Waals surface area contributed by atoms with Gasteiger partial charge in [-0.05, 0) is 42.4 Å². The van der Waals surface area contributed by atoms with E-state index >= 15 is 0 Å². The van der Waals surface area contributed by atoms with Gasteiger partial charge in [-0.3, -0.25) is 4.79 Å². The molecular weight excluding hydrogens is 288 g/mol. The van der Waals surface area contributed by atoms with Crippen molar-refractivity contribution in [1.29, 1.82) is 0 Å². The predicted octanol–water partition coefficient (Wildman–Crippen LogP) is 3.70. The fourth-order valence-corrected chi connectivity index (χ4v) is 3.01. The van der Waals surface area contributed by atoms with Crippen LogP contribution in [0, 0.1) is 11.8 Å². The van der Waals surface area contributed by atoms with E-state index < -0.39 is 6.04 Å². The van der Waals surface area contributed by atoms with Crippen LogP contribution >= 0.6 is 0 Å². The number of ether oxygens (including phenoxy) is 1. The van der Waals surface area contributed by atoms with Crippen molar-refractivity contribution < 1.29 is 9.53 Å². The highest BCUT2D eigenvalue weighted by atomic mass is 16.5. The van der Waals surface area contributed by atoms with E-state index in [0.29, 0.717) is 12.7 Å². The Morgan fingerprint density at radius 1 is 1.39 bits per heavy atom. The Morgan fingerprint density at radius 2 is 2.17 bits per heavy atom. The molecule has 0 aliphatic heterocycles. The minimum atomic E-state index is -0.487. The third-order valence-corrected chi connectivity index (χ3v) is 4.59. The van der Waals surface area contributed by atoms with Crippen molar-refractivity contribution >= 4 is 11.6 Å². The zero-order chi connectivity index (χ0) is 16.8. The largest absolute Gasteiger partial charge is 0.374 e. The number of carbonyl (C=O) groups is 1. The van der Waals surface area contributed by atoms with Gasteiger partial charge in [-0.1, -0.05) is 45.7 Å². The molecule has 1 amide bonds. The zero-order valence-corrected chi connectivity index (χ0v) is 14.5. The molecule has 2 rings (SSSR count). The highest BCUT2D eigenvalue weighted by Crippen LogP contribution is 2.26. The van der Waals surface area contributed by atoms with E-state index in [1.165, 1.54) is 12.8 Å². The molecule has 3 atom stereocenters. The van der Waals surface area contributed by atoms with Gasteiger partial charge in [0.05, 0.1) is 18.8 Å². The lowest BCUT2D eigenvalue weighted by Crippen LogP contribution is -2.39. The Morgan fingerprint density at radius 3 is 2.87 bits per heavy atom. The Labute approximate surface area is 139 Å². The number of nitrogens with one attached hydrogen (secondary N) is 1. The quantitative estimate of drug-likeness (QED) is 0.840. The maximum atomic E-state index is 12.0. The van der Waals surface area contributed by atoms with Crippen molar-refractivity contribution in [2.75, 3.05) is 5.32 Å². The SMILES string of the molecule is CC1CCCC(OCc2cccc(NC(=O)[C@@H](N)C(C)C)c2)C1. The fraction of sp³-hybridized carbons (Fsp3) is 0.632. The van der Waals surface area contributed by atoms with Crippen LogP contribution < -0.4 is 11.1 Å². The van der Waals surface area contributed by atoms with Gasteiger partial charge in [0.25, 0.3) is 0 Å². The van der Waals surface area contributed by atoms with Gasteiger partial charge in [0.1, 0.15) is 0 Å². The van der Waals surface area contributed by atoms with Crippen molar-refractivity contribution in [3.63, 3.8) is 0 Å². The lowest BCUT2D eigenvalue weighted by atomic mass is 9.89. The first-order chi connectivity index (χ1) is 11.0. The monoisotopic (exact) mass is 318 g/mol. The molecule has 0 saturated heterocycles. The van der Waals surface area contributed by atoms with Gasteiger partial charge in [0.15, 0.2) is 0 Å². The van der Waals surface area contributed by atoms with E-state index in [-0.39, 0.29) is 11.8 Å². The summed E-state index contributed by atoms with van der Waals surface area (Å²) < 4.78 is 6.05. The van der Waals surface area contributed by atoms with Crippen molar-refractivity contribution in [2.45, 2.75) is 65.2 Å². The molecule has 4 nitrogen and oxygen atoms in total. The molecule has 1 fully saturated rings. The van der Waals surface area contributed by atoms with Crippen LogP contribution in [0.1, 0.15) is 52.0 Å². The Balaban J connectivity index is 1.88. The van der Waals surface area contributed by atoms with Crippen molar-refractivity contribution in [1.82, 2.24) is 0 Å². The summed E-state index contributed by atoms with van der Waals surface area (Å²) in [5.41, 5.74) is 7.74. The summed E-state index contributed by atoms with van der Waals surface area (Å²) in [6, 6.07) is 7.34. The first kappa shape index (κ1) is 18.0. The summed E-state index contributed by atoms with van der Waals surface area (Å²) in [4.78, 5) is 12.0. The Bertz CT molecular complexity index is 516. The van der Waals surface area contributed by atoms with Gasteiger partial charge in [0.2, 0.25) is 5.91 Å². The summed E-state index contributed by atoms with van der Waals surface area (Å²) in [5.74, 6) is 0.742. The second kappa shape index (κ2) is 8.46. The number of hydrogen-bond donors (Lipinski definition) is 2. The van der Waals surface area contributed by atoms with Crippen LogP contribution in [0.4, 0.5) is 5.69 Å². The standard InChI is InChI=1S/C19H30N2O2/c1-13(2)18(20)19(22)21-16-8-5-7-15(11-16)12-23-17-9-4-6-14(3)10-17/h5,7-8,11,13-14,17-18H,4,6,9-10,12,20H2,1-3H3,(H,21,22)/t14?,17?,18-/m0/s1. The molecule has 3 N–H and O–H groups in total. The Kier molecular flexibility index (Phi) is 6.60. The summed E-state index contributed by atoms with van der Waals surface area (Å²) in [6.45, 7) is 6.78. The molecule has 2 unspecified atom stereocenters. The number of nitrogens with two attached hydrogens (primary N) is 1. The van der Waals surface area contributed by atoms with E-state index in [9.17, 15) is 4.79 Å². The number of rotatable bonds is 6. The molecule has 23 heavy (non-hydrogen) atoms. The second-order valence-corrected chi connectivity index (χ2v) is 7.16. The average Bonchev–Trinajstić information content (AvgIpc) is 2.52. The molecule has 0 bridgehead atoms. The van der Waals surface area contributed by atoms with Gasteiger partial charge in [-0.25, -0.2) is 0 Å². The van der Waals surface area contributed by atoms with Gasteiger partial charge in [-0.15, -0.1) is 0 Å². The molecule has 128 valence electrons. The first-order valence-corrected chi connectivity index (χ1v) is 8.72. The van der Waals surface area contributed by atoms with Crippen molar-refractivity contribution in [3.05, 3.63) is 29.8 Å². The van der Waals surface area contributed by atoms with Crippen LogP contribution in [0.3, 0.4) is 0 Å². The molecule has 0 radical (unpaired) electrons. The normalized spacial score (nSPS) is 22.8. The maximum absolute atomic E-state index is 12.0. The first-order valence-electron chi connectivity index (χ1n) is 8.72. The topological polar surface area (TPSA) is 64.3 Å². The molecule has 4 heteroatoms. The number of anilines is 1. The molecule has 0 aromatic heterocycles. The molecule has 0 spiro atoms. The highest BCUT2D eigenvalue weighted by molar-refractivity contribution is 5.94. The number of hydrogen-bond acceptors (Lipinski definition) is 3. The third kappa shape index (κ3) is 5.63. The Hall–Kier alpha value is -1.39. The van der Waals surface area contributed by atoms with Crippen LogP contribution in [-0.2, 0) is 16.1 Å². The van der Waals surface area contributed by atoms with E-state index in [4.69, 9.17) is 10.5 Å². The van der Waals surface area contributed by atoms with Crippen LogP contribution in [0.25, 0.3) is 0 Å². The number of amides is 1. The molecule has 1 aliphatic rings. The van der Waals surface area contributed by atoms with E-state index in [1.807, 2.05) is 38.1 Å². The van der Waals surface area contributed by atoms with Gasteiger partial charge in [-0.2, -0.15) is 0 Å². The summed E-state index contributed by atoms with van der Waals surface area (Å²) >= 11 is 0. The van der Waals surface area contributed by atoms with E-state index in [2.05, 4.69) is 12.2 Å². The average molecular weight is 318 g/mol. The van der Waals surface area contributed by atoms with Crippen LogP contribution in [0.5, 0.6) is 0 Å². The third-order valence-electron chi connectivity index (χ3n) is 4.59. The smallest absolute Gasteiger partial charge is 0.241 e. The molecule has 1 saturated carbocycles. The fourth-order valence-electron chi connectivity index (χ4n) is 3.01. The molecular formula is C19H30N2O2. The van der Waals surface area contributed by atoms with Crippen LogP contribution in [0.15, 0.2) is 24.3 Å². The lowest BCUT2D eigenvalue weighted by molar-refractivity contribution is -0.118. The van der Waals surface area contributed by atoms with Crippen molar-refractivity contribution in [2.24, 2.45) is 17.6 Å². The minimum absolute atomic E-state index is 0.120. The number of carbonyl (C=O) groups excluding carboxylic acids is 1. The van der Waals surface area contributed by atoms with Gasteiger partial charge < -0.3 is 15.8 Å². The van der Waals surface area contributed by atoms with Crippen molar-refractivity contribution in [3.8, 4) is 0 Å². The second-order valence-electron chi connectivity index (χ2n) is 7.16. The molecule has 1 aromatic rings.